The minimum Gasteiger partial charge on any atom is -0.456 e. The Balaban J connectivity index is 1.06. The maximum absolute atomic E-state index is 6.45. The zero-order valence-electron chi connectivity index (χ0n) is 33.1. The van der Waals surface area contributed by atoms with Crippen molar-refractivity contribution < 1.29 is 4.42 Å². The summed E-state index contributed by atoms with van der Waals surface area (Å²) >= 11 is 0. The van der Waals surface area contributed by atoms with Crippen LogP contribution in [0, 0.1) is 0 Å². The van der Waals surface area contributed by atoms with Crippen molar-refractivity contribution in [3.63, 3.8) is 0 Å². The Morgan fingerprint density at radius 2 is 0.915 bits per heavy atom. The van der Waals surface area contributed by atoms with E-state index in [2.05, 4.69) is 225 Å². The van der Waals surface area contributed by atoms with E-state index < -0.39 is 0 Å². The fourth-order valence-electron chi connectivity index (χ4n) is 9.34. The second-order valence-electron chi connectivity index (χ2n) is 16.1. The van der Waals surface area contributed by atoms with Gasteiger partial charge in [0.15, 0.2) is 0 Å². The van der Waals surface area contributed by atoms with Crippen molar-refractivity contribution in [3.05, 3.63) is 223 Å². The van der Waals surface area contributed by atoms with Crippen LogP contribution in [0.1, 0.15) is 25.0 Å². The highest BCUT2D eigenvalue weighted by Crippen LogP contribution is 2.51. The van der Waals surface area contributed by atoms with Gasteiger partial charge in [-0.05, 0) is 110 Å². The van der Waals surface area contributed by atoms with Gasteiger partial charge in [-0.3, -0.25) is 0 Å². The lowest BCUT2D eigenvalue weighted by atomic mass is 9.82. The first-order valence-electron chi connectivity index (χ1n) is 20.4. The molecule has 10 aromatic rings. The first kappa shape index (κ1) is 34.8. The van der Waals surface area contributed by atoms with Gasteiger partial charge in [0.25, 0.3) is 0 Å². The van der Waals surface area contributed by atoms with Crippen LogP contribution in [0.5, 0.6) is 0 Å². The highest BCUT2D eigenvalue weighted by atomic mass is 16.3. The van der Waals surface area contributed by atoms with Gasteiger partial charge >= 0.3 is 0 Å². The van der Waals surface area contributed by atoms with Crippen molar-refractivity contribution in [2.75, 3.05) is 4.90 Å². The Labute approximate surface area is 345 Å². The van der Waals surface area contributed by atoms with E-state index in [0.29, 0.717) is 0 Å². The van der Waals surface area contributed by atoms with Crippen LogP contribution in [0.25, 0.3) is 77.6 Å². The molecular weight excluding hydrogens is 715 g/mol. The Bertz CT molecular complexity index is 3160. The quantitative estimate of drug-likeness (QED) is 0.161. The average molecular weight is 756 g/mol. The molecule has 280 valence electrons. The second kappa shape index (κ2) is 13.9. The molecule has 1 aliphatic carbocycles. The Kier molecular flexibility index (Phi) is 8.20. The normalized spacial score (nSPS) is 12.7. The number of anilines is 3. The summed E-state index contributed by atoms with van der Waals surface area (Å²) in [4.78, 5) is 2.41. The van der Waals surface area contributed by atoms with Gasteiger partial charge in [-0.1, -0.05) is 178 Å². The molecule has 0 unspecified atom stereocenters. The number of fused-ring (bicyclic) bond motifs is 6. The minimum atomic E-state index is -0.116. The number of rotatable bonds is 7. The predicted molar refractivity (Wildman–Crippen MR) is 248 cm³/mol. The number of hydrogen-bond donors (Lipinski definition) is 0. The summed E-state index contributed by atoms with van der Waals surface area (Å²) in [6.45, 7) is 4.70. The molecule has 1 aliphatic rings. The highest BCUT2D eigenvalue weighted by Gasteiger charge is 2.35. The zero-order valence-corrected chi connectivity index (χ0v) is 33.1. The monoisotopic (exact) mass is 755 g/mol. The van der Waals surface area contributed by atoms with Gasteiger partial charge < -0.3 is 9.32 Å². The predicted octanol–water partition coefficient (Wildman–Crippen LogP) is 16.0. The summed E-state index contributed by atoms with van der Waals surface area (Å²) in [7, 11) is 0. The number of furan rings is 1. The summed E-state index contributed by atoms with van der Waals surface area (Å²) in [5.41, 5.74) is 19.8. The third-order valence-electron chi connectivity index (χ3n) is 12.3. The summed E-state index contributed by atoms with van der Waals surface area (Å²) < 4.78 is 6.45. The molecule has 0 saturated carbocycles. The van der Waals surface area contributed by atoms with E-state index in [4.69, 9.17) is 4.42 Å². The van der Waals surface area contributed by atoms with Crippen LogP contribution in [-0.2, 0) is 5.41 Å². The van der Waals surface area contributed by atoms with Gasteiger partial charge in [0.1, 0.15) is 11.2 Å². The standard InChI is InChI=1S/C57H41NO/c1-57(2)51-22-11-9-20-48(51)49-33-32-46(37-52(49)57)58(45-19-13-18-43(36-45)39-16-7-4-8-17-39)44-30-28-41(29-31-44)47-34-35-54-56(50-21-10-12-23-53(50)59-54)55(47)42-26-24-40(25-27-42)38-14-5-3-6-15-38/h3-37H,1-2H3. The van der Waals surface area contributed by atoms with E-state index in [0.717, 1.165) is 55.7 Å². The van der Waals surface area contributed by atoms with E-state index in [1.807, 2.05) is 6.07 Å². The topological polar surface area (TPSA) is 16.4 Å². The summed E-state index contributed by atoms with van der Waals surface area (Å²) in [5.74, 6) is 0. The van der Waals surface area contributed by atoms with Gasteiger partial charge in [-0.15, -0.1) is 0 Å². The molecule has 2 heteroatoms. The summed E-state index contributed by atoms with van der Waals surface area (Å²) in [5, 5.41) is 2.25. The maximum Gasteiger partial charge on any atom is 0.136 e. The molecule has 11 rings (SSSR count). The summed E-state index contributed by atoms with van der Waals surface area (Å²) in [6, 6.07) is 76.8. The van der Waals surface area contributed by atoms with E-state index in [-0.39, 0.29) is 5.41 Å². The van der Waals surface area contributed by atoms with Crippen molar-refractivity contribution in [1.82, 2.24) is 0 Å². The van der Waals surface area contributed by atoms with Crippen molar-refractivity contribution in [1.29, 1.82) is 0 Å². The van der Waals surface area contributed by atoms with Crippen molar-refractivity contribution in [2.45, 2.75) is 19.3 Å². The molecule has 0 radical (unpaired) electrons. The molecule has 0 bridgehead atoms. The van der Waals surface area contributed by atoms with Crippen LogP contribution in [0.4, 0.5) is 17.1 Å². The Hall–Kier alpha value is -7.42. The molecule has 0 amide bonds. The van der Waals surface area contributed by atoms with E-state index in [1.165, 1.54) is 50.1 Å². The molecule has 0 aliphatic heterocycles. The largest absolute Gasteiger partial charge is 0.456 e. The minimum absolute atomic E-state index is 0.116. The third-order valence-corrected chi connectivity index (χ3v) is 12.3. The van der Waals surface area contributed by atoms with Gasteiger partial charge in [0.2, 0.25) is 0 Å². The zero-order chi connectivity index (χ0) is 39.5. The smallest absolute Gasteiger partial charge is 0.136 e. The van der Waals surface area contributed by atoms with Crippen LogP contribution in [0.3, 0.4) is 0 Å². The fraction of sp³-hybridized carbons (Fsp3) is 0.0526. The van der Waals surface area contributed by atoms with Crippen LogP contribution < -0.4 is 4.90 Å². The van der Waals surface area contributed by atoms with Crippen LogP contribution in [0.2, 0.25) is 0 Å². The second-order valence-corrected chi connectivity index (χ2v) is 16.1. The molecule has 2 nitrogen and oxygen atoms in total. The molecule has 59 heavy (non-hydrogen) atoms. The van der Waals surface area contributed by atoms with E-state index in [9.17, 15) is 0 Å². The molecule has 0 N–H and O–H groups in total. The number of nitrogens with zero attached hydrogens (tertiary/aromatic N) is 1. The molecule has 9 aromatic carbocycles. The van der Waals surface area contributed by atoms with Crippen molar-refractivity contribution in [2.24, 2.45) is 0 Å². The average Bonchev–Trinajstić information content (AvgIpc) is 3.79. The molecule has 1 heterocycles. The van der Waals surface area contributed by atoms with Crippen LogP contribution >= 0.6 is 0 Å². The molecule has 0 fully saturated rings. The lowest BCUT2D eigenvalue weighted by Crippen LogP contribution is -2.16. The van der Waals surface area contributed by atoms with Crippen molar-refractivity contribution in [3.8, 4) is 55.6 Å². The van der Waals surface area contributed by atoms with Crippen LogP contribution in [0.15, 0.2) is 217 Å². The summed E-state index contributed by atoms with van der Waals surface area (Å²) in [6.07, 6.45) is 0. The Morgan fingerprint density at radius 3 is 1.69 bits per heavy atom. The van der Waals surface area contributed by atoms with Gasteiger partial charge in [0.05, 0.1) is 0 Å². The highest BCUT2D eigenvalue weighted by molar-refractivity contribution is 6.16. The SMILES string of the molecule is CC1(C)c2ccccc2-c2ccc(N(c3ccc(-c4ccc5oc6ccccc6c5c4-c4ccc(-c5ccccc5)cc4)cc3)c3cccc(-c4ccccc4)c3)cc21. The number of para-hydroxylation sites is 1. The maximum atomic E-state index is 6.45. The lowest BCUT2D eigenvalue weighted by Gasteiger charge is -2.28. The van der Waals surface area contributed by atoms with Crippen LogP contribution in [-0.4, -0.2) is 0 Å². The Morgan fingerprint density at radius 1 is 0.356 bits per heavy atom. The lowest BCUT2D eigenvalue weighted by molar-refractivity contribution is 0.660. The first-order chi connectivity index (χ1) is 29.0. The van der Waals surface area contributed by atoms with E-state index in [1.54, 1.807) is 0 Å². The first-order valence-corrected chi connectivity index (χ1v) is 20.4. The van der Waals surface area contributed by atoms with E-state index >= 15 is 0 Å². The fourth-order valence-corrected chi connectivity index (χ4v) is 9.34. The molecule has 1 aromatic heterocycles. The third kappa shape index (κ3) is 5.87. The van der Waals surface area contributed by atoms with Gasteiger partial charge in [-0.25, -0.2) is 0 Å². The number of benzene rings is 9. The molecule has 0 saturated heterocycles. The van der Waals surface area contributed by atoms with Crippen molar-refractivity contribution >= 4 is 39.0 Å². The van der Waals surface area contributed by atoms with Gasteiger partial charge in [0, 0.05) is 38.8 Å². The molecule has 0 atom stereocenters. The molecular formula is C57H41NO. The molecule has 0 spiro atoms. The van der Waals surface area contributed by atoms with Gasteiger partial charge in [-0.2, -0.15) is 0 Å². The number of hydrogen-bond acceptors (Lipinski definition) is 2.